The molecule has 1 aromatic carbocycles. The van der Waals surface area contributed by atoms with Gasteiger partial charge in [-0.1, -0.05) is 12.2 Å². The van der Waals surface area contributed by atoms with Crippen molar-refractivity contribution in [2.75, 3.05) is 0 Å². The van der Waals surface area contributed by atoms with Crippen LogP contribution in [0, 0.1) is 12.8 Å². The minimum atomic E-state index is -0.196. The third kappa shape index (κ3) is 3.33. The van der Waals surface area contributed by atoms with Crippen molar-refractivity contribution in [3.05, 3.63) is 41.7 Å². The number of aryl methyl sites for hydroxylation is 2. The summed E-state index contributed by atoms with van der Waals surface area (Å²) in [5.74, 6) is 1.19. The van der Waals surface area contributed by atoms with E-state index in [-0.39, 0.29) is 5.91 Å². The van der Waals surface area contributed by atoms with E-state index >= 15 is 0 Å². The molecule has 1 aliphatic carbocycles. The van der Waals surface area contributed by atoms with Gasteiger partial charge in [-0.2, -0.15) is 5.10 Å². The number of fused-ring (bicyclic) bond motifs is 1. The zero-order valence-corrected chi connectivity index (χ0v) is 13.6. The highest BCUT2D eigenvalue weighted by Gasteiger charge is 2.11. The fraction of sp³-hybridized carbons (Fsp3) is 0.389. The van der Waals surface area contributed by atoms with Gasteiger partial charge in [0.15, 0.2) is 0 Å². The van der Waals surface area contributed by atoms with E-state index in [1.165, 1.54) is 0 Å². The number of benzene rings is 1. The zero-order valence-electron chi connectivity index (χ0n) is 13.6. The van der Waals surface area contributed by atoms with Crippen LogP contribution < -0.4 is 5.43 Å². The Labute approximate surface area is 136 Å². The second-order valence-corrected chi connectivity index (χ2v) is 5.87. The van der Waals surface area contributed by atoms with Crippen molar-refractivity contribution in [3.8, 4) is 0 Å². The fourth-order valence-electron chi connectivity index (χ4n) is 3.01. The van der Waals surface area contributed by atoms with Gasteiger partial charge < -0.3 is 4.57 Å². The minimum Gasteiger partial charge on any atom is -0.329 e. The number of carbonyl (C=O) groups is 1. The molecule has 5 heteroatoms. The van der Waals surface area contributed by atoms with Gasteiger partial charge >= 0.3 is 0 Å². The van der Waals surface area contributed by atoms with Gasteiger partial charge in [0, 0.05) is 18.3 Å². The van der Waals surface area contributed by atoms with Crippen LogP contribution in [0.2, 0.25) is 0 Å². The lowest BCUT2D eigenvalue weighted by Crippen LogP contribution is -2.18. The summed E-state index contributed by atoms with van der Waals surface area (Å²) in [5.41, 5.74) is 5.10. The summed E-state index contributed by atoms with van der Waals surface area (Å²) in [4.78, 5) is 16.7. The third-order valence-corrected chi connectivity index (χ3v) is 4.28. The number of hydrazone groups is 1. The molecule has 120 valence electrons. The monoisotopic (exact) mass is 310 g/mol. The molecule has 5 nitrogen and oxygen atoms in total. The number of amides is 1. The van der Waals surface area contributed by atoms with Gasteiger partial charge in [-0.15, -0.1) is 0 Å². The van der Waals surface area contributed by atoms with Crippen molar-refractivity contribution in [2.45, 2.75) is 39.7 Å². The Bertz CT molecular complexity index is 773. The molecule has 0 fully saturated rings. The average molecular weight is 310 g/mol. The highest BCUT2D eigenvalue weighted by Crippen LogP contribution is 2.18. The molecule has 1 N–H and O–H groups in total. The zero-order chi connectivity index (χ0) is 16.2. The lowest BCUT2D eigenvalue weighted by molar-refractivity contribution is 0.0955. The number of nitrogens with zero attached hydrogens (tertiary/aromatic N) is 3. The summed E-state index contributed by atoms with van der Waals surface area (Å²) in [6.45, 7) is 4.93. The van der Waals surface area contributed by atoms with Crippen molar-refractivity contribution in [1.29, 1.82) is 0 Å². The first kappa shape index (κ1) is 15.5. The van der Waals surface area contributed by atoms with E-state index in [2.05, 4.69) is 39.2 Å². The first-order chi connectivity index (χ1) is 11.2. The molecule has 0 unspecified atom stereocenters. The molecule has 1 amide bonds. The molecule has 1 atom stereocenters. The van der Waals surface area contributed by atoms with Gasteiger partial charge in [-0.05, 0) is 57.2 Å². The molecular weight excluding hydrogens is 288 g/mol. The van der Waals surface area contributed by atoms with Gasteiger partial charge in [0.05, 0.1) is 11.0 Å². The van der Waals surface area contributed by atoms with Crippen molar-refractivity contribution in [3.63, 3.8) is 0 Å². The fourth-order valence-corrected chi connectivity index (χ4v) is 3.01. The first-order valence-electron chi connectivity index (χ1n) is 8.14. The number of hydrogen-bond acceptors (Lipinski definition) is 3. The number of nitrogens with one attached hydrogen (secondary N) is 1. The maximum Gasteiger partial charge on any atom is 0.271 e. The Hall–Kier alpha value is -2.43. The van der Waals surface area contributed by atoms with E-state index in [9.17, 15) is 4.79 Å². The van der Waals surface area contributed by atoms with E-state index in [1.54, 1.807) is 0 Å². The molecule has 1 heterocycles. The van der Waals surface area contributed by atoms with E-state index in [0.29, 0.717) is 11.5 Å². The van der Waals surface area contributed by atoms with Crippen molar-refractivity contribution < 1.29 is 4.79 Å². The van der Waals surface area contributed by atoms with E-state index in [4.69, 9.17) is 0 Å². The quantitative estimate of drug-likeness (QED) is 0.534. The van der Waals surface area contributed by atoms with Crippen LogP contribution >= 0.6 is 0 Å². The summed E-state index contributed by atoms with van der Waals surface area (Å²) >= 11 is 0. The molecule has 23 heavy (non-hydrogen) atoms. The number of allylic oxidation sites excluding steroid dienone is 2. The van der Waals surface area contributed by atoms with Crippen LogP contribution in [-0.2, 0) is 6.54 Å². The Kier molecular flexibility index (Phi) is 4.55. The SMILES string of the molecule is CCn1c(C)nc2cc(C(=O)N/N=C\[C@@H]3CC=CCC3)ccc21. The molecule has 3 rings (SSSR count). The molecule has 0 spiro atoms. The number of imidazole rings is 1. The van der Waals surface area contributed by atoms with Crippen LogP contribution in [0.3, 0.4) is 0 Å². The first-order valence-corrected chi connectivity index (χ1v) is 8.14. The number of aromatic nitrogens is 2. The molecule has 0 radical (unpaired) electrons. The summed E-state index contributed by atoms with van der Waals surface area (Å²) in [6.07, 6.45) is 9.38. The Morgan fingerprint density at radius 2 is 2.35 bits per heavy atom. The van der Waals surface area contributed by atoms with Gasteiger partial charge in [0.2, 0.25) is 0 Å². The second-order valence-electron chi connectivity index (χ2n) is 5.87. The topological polar surface area (TPSA) is 59.3 Å². The minimum absolute atomic E-state index is 0.196. The highest BCUT2D eigenvalue weighted by atomic mass is 16.2. The van der Waals surface area contributed by atoms with Crippen molar-refractivity contribution in [1.82, 2.24) is 15.0 Å². The largest absolute Gasteiger partial charge is 0.329 e. The lowest BCUT2D eigenvalue weighted by Gasteiger charge is -2.11. The predicted molar refractivity (Wildman–Crippen MR) is 92.6 cm³/mol. The van der Waals surface area contributed by atoms with Crippen LogP contribution in [-0.4, -0.2) is 21.7 Å². The van der Waals surface area contributed by atoms with E-state index in [0.717, 1.165) is 42.7 Å². The molecule has 0 saturated carbocycles. The Morgan fingerprint density at radius 1 is 1.48 bits per heavy atom. The van der Waals surface area contributed by atoms with Gasteiger partial charge in [0.25, 0.3) is 5.91 Å². The average Bonchev–Trinajstić information content (AvgIpc) is 2.89. The van der Waals surface area contributed by atoms with Crippen molar-refractivity contribution in [2.24, 2.45) is 11.0 Å². The van der Waals surface area contributed by atoms with Crippen LogP contribution in [0.25, 0.3) is 11.0 Å². The standard InChI is InChI=1S/C18H22N4O/c1-3-22-13(2)20-16-11-15(9-10-17(16)22)18(23)21-19-12-14-7-5-4-6-8-14/h4-5,9-12,14H,3,6-8H2,1-2H3,(H,21,23)/b19-12-/t14-/m1/s1. The summed E-state index contributed by atoms with van der Waals surface area (Å²) in [5, 5.41) is 4.11. The number of hydrogen-bond donors (Lipinski definition) is 1. The molecule has 0 aliphatic heterocycles. The summed E-state index contributed by atoms with van der Waals surface area (Å²) < 4.78 is 2.13. The van der Waals surface area contributed by atoms with Gasteiger partial charge in [-0.3, -0.25) is 4.79 Å². The second kappa shape index (κ2) is 6.77. The molecule has 0 saturated heterocycles. The smallest absolute Gasteiger partial charge is 0.271 e. The molecular formula is C18H22N4O. The van der Waals surface area contributed by atoms with Gasteiger partial charge in [0.1, 0.15) is 5.82 Å². The number of carbonyl (C=O) groups excluding carboxylic acids is 1. The Morgan fingerprint density at radius 3 is 3.09 bits per heavy atom. The van der Waals surface area contributed by atoms with Crippen LogP contribution in [0.4, 0.5) is 0 Å². The van der Waals surface area contributed by atoms with E-state index < -0.39 is 0 Å². The van der Waals surface area contributed by atoms with Gasteiger partial charge in [-0.25, -0.2) is 10.4 Å². The summed E-state index contributed by atoms with van der Waals surface area (Å²) in [7, 11) is 0. The molecule has 0 bridgehead atoms. The number of rotatable bonds is 4. The van der Waals surface area contributed by atoms with Crippen LogP contribution in [0.15, 0.2) is 35.5 Å². The third-order valence-electron chi connectivity index (χ3n) is 4.28. The molecule has 1 aliphatic rings. The predicted octanol–water partition coefficient (Wildman–Crippen LogP) is 3.44. The molecule has 1 aromatic heterocycles. The maximum atomic E-state index is 12.2. The maximum absolute atomic E-state index is 12.2. The lowest BCUT2D eigenvalue weighted by atomic mass is 9.96. The van der Waals surface area contributed by atoms with Crippen molar-refractivity contribution >= 4 is 23.2 Å². The molecule has 2 aromatic rings. The summed E-state index contributed by atoms with van der Waals surface area (Å²) in [6, 6.07) is 5.59. The van der Waals surface area contributed by atoms with Crippen LogP contribution in [0.1, 0.15) is 42.4 Å². The Balaban J connectivity index is 1.71. The normalized spacial score (nSPS) is 17.9. The highest BCUT2D eigenvalue weighted by molar-refractivity contribution is 5.97. The van der Waals surface area contributed by atoms with E-state index in [1.807, 2.05) is 31.3 Å². The van der Waals surface area contributed by atoms with Crippen LogP contribution in [0.5, 0.6) is 0 Å².